The number of fused-ring (bicyclic) bond motifs is 1. The molecule has 0 bridgehead atoms. The zero-order valence-electron chi connectivity index (χ0n) is 14.4. The standard InChI is InChI=1S/C15H15N5O4S.K/c1-15(2)10(14(23)24)20-12(22)9(13(20)25-15)17-11(21)7-3-5-8(6-4-7)18-19-16;/h3-6,9-10,13H,1-2H3,(H,17,21)(H,23,24);/q;+1/p-1. The van der Waals surface area contributed by atoms with E-state index < -0.39 is 40.0 Å². The molecule has 9 nitrogen and oxygen atoms in total. The summed E-state index contributed by atoms with van der Waals surface area (Å²) in [5.41, 5.74) is 9.04. The van der Waals surface area contributed by atoms with Gasteiger partial charge in [0.05, 0.1) is 12.0 Å². The van der Waals surface area contributed by atoms with Gasteiger partial charge in [-0.15, -0.1) is 11.8 Å². The fraction of sp³-hybridized carbons (Fsp3) is 0.400. The summed E-state index contributed by atoms with van der Waals surface area (Å²) in [6.45, 7) is 3.47. The minimum absolute atomic E-state index is 0. The first-order chi connectivity index (χ1) is 11.8. The quantitative estimate of drug-likeness (QED) is 0.197. The first-order valence-corrected chi connectivity index (χ1v) is 8.31. The average Bonchev–Trinajstić information content (AvgIpc) is 2.81. The molecular weight excluding hydrogens is 385 g/mol. The second kappa shape index (κ2) is 7.89. The molecule has 0 aromatic heterocycles. The third kappa shape index (κ3) is 3.65. The van der Waals surface area contributed by atoms with Crippen LogP contribution in [0.15, 0.2) is 29.4 Å². The van der Waals surface area contributed by atoms with Crippen molar-refractivity contribution in [2.45, 2.75) is 36.1 Å². The van der Waals surface area contributed by atoms with Crippen LogP contribution in [0.25, 0.3) is 10.4 Å². The molecule has 3 unspecified atom stereocenters. The van der Waals surface area contributed by atoms with Crippen molar-refractivity contribution in [3.05, 3.63) is 40.3 Å². The summed E-state index contributed by atoms with van der Waals surface area (Å²) in [6.07, 6.45) is 0. The molecule has 0 saturated carbocycles. The van der Waals surface area contributed by atoms with E-state index in [-0.39, 0.29) is 51.4 Å². The van der Waals surface area contributed by atoms with Crippen LogP contribution in [-0.2, 0) is 9.59 Å². The minimum Gasteiger partial charge on any atom is -0.548 e. The Balaban J connectivity index is 0.00000243. The van der Waals surface area contributed by atoms with Crippen molar-refractivity contribution in [2.75, 3.05) is 0 Å². The number of carboxylic acid groups (broad SMARTS) is 1. The summed E-state index contributed by atoms with van der Waals surface area (Å²) < 4.78 is -0.699. The number of carbonyl (C=O) groups is 3. The van der Waals surface area contributed by atoms with Gasteiger partial charge in [0.1, 0.15) is 11.4 Å². The number of nitrogens with zero attached hydrogens (tertiary/aromatic N) is 4. The van der Waals surface area contributed by atoms with Gasteiger partial charge < -0.3 is 20.1 Å². The second-order valence-electron chi connectivity index (χ2n) is 6.27. The molecule has 2 amide bonds. The summed E-state index contributed by atoms with van der Waals surface area (Å²) in [5, 5.41) is 17.0. The molecule has 0 radical (unpaired) electrons. The smallest absolute Gasteiger partial charge is 0.548 e. The van der Waals surface area contributed by atoms with E-state index in [1.165, 1.54) is 40.9 Å². The van der Waals surface area contributed by atoms with Crippen molar-refractivity contribution in [3.8, 4) is 0 Å². The Hall–Kier alpha value is -1.07. The van der Waals surface area contributed by atoms with Crippen molar-refractivity contribution in [2.24, 2.45) is 5.11 Å². The van der Waals surface area contributed by atoms with Crippen molar-refractivity contribution in [1.82, 2.24) is 10.2 Å². The summed E-state index contributed by atoms with van der Waals surface area (Å²) in [7, 11) is 0. The van der Waals surface area contributed by atoms with Gasteiger partial charge in [0.2, 0.25) is 5.91 Å². The predicted octanol–water partition coefficient (Wildman–Crippen LogP) is -2.46. The van der Waals surface area contributed by atoms with Crippen LogP contribution in [0.1, 0.15) is 24.2 Å². The molecule has 2 fully saturated rings. The molecule has 2 aliphatic heterocycles. The monoisotopic (exact) mass is 399 g/mol. The van der Waals surface area contributed by atoms with Crippen LogP contribution in [-0.4, -0.2) is 44.9 Å². The zero-order valence-corrected chi connectivity index (χ0v) is 18.3. The number of β-lactam (4-membered cyclic amide) rings is 1. The molecule has 2 saturated heterocycles. The molecule has 0 spiro atoms. The topological polar surface area (TPSA) is 138 Å². The molecule has 0 aliphatic carbocycles. The number of azide groups is 1. The van der Waals surface area contributed by atoms with Crippen molar-refractivity contribution >= 4 is 35.2 Å². The SMILES string of the molecule is CC1(C)SC2C(NC(=O)c3ccc(N=[N+]=[N-])cc3)C(=O)N2C1C(=O)[O-].[K+]. The molecule has 2 aliphatic rings. The Labute approximate surface area is 195 Å². The number of nitrogens with one attached hydrogen (secondary N) is 1. The van der Waals surface area contributed by atoms with Gasteiger partial charge in [-0.2, -0.15) is 0 Å². The van der Waals surface area contributed by atoms with E-state index >= 15 is 0 Å². The predicted molar refractivity (Wildman–Crippen MR) is 87.6 cm³/mol. The Morgan fingerprint density at radius 3 is 2.50 bits per heavy atom. The van der Waals surface area contributed by atoms with Crippen LogP contribution in [0.5, 0.6) is 0 Å². The fourth-order valence-corrected chi connectivity index (χ4v) is 4.70. The van der Waals surface area contributed by atoms with Gasteiger partial charge in [0.15, 0.2) is 0 Å². The van der Waals surface area contributed by atoms with Crippen LogP contribution in [0.2, 0.25) is 0 Å². The van der Waals surface area contributed by atoms with Gasteiger partial charge in [-0.3, -0.25) is 9.59 Å². The molecule has 1 N–H and O–H groups in total. The molecule has 26 heavy (non-hydrogen) atoms. The minimum atomic E-state index is -1.30. The molecule has 3 atom stereocenters. The van der Waals surface area contributed by atoms with Crippen molar-refractivity contribution in [1.29, 1.82) is 0 Å². The number of rotatable bonds is 4. The molecule has 2 heterocycles. The third-order valence-electron chi connectivity index (χ3n) is 4.24. The third-order valence-corrected chi connectivity index (χ3v) is 5.81. The molecule has 3 rings (SSSR count). The summed E-state index contributed by atoms with van der Waals surface area (Å²) >= 11 is 1.33. The van der Waals surface area contributed by atoms with Crippen LogP contribution >= 0.6 is 11.8 Å². The number of carboxylic acids is 1. The maximum Gasteiger partial charge on any atom is 1.00 e. The van der Waals surface area contributed by atoms with Crippen LogP contribution in [0, 0.1) is 0 Å². The number of amides is 2. The van der Waals surface area contributed by atoms with E-state index in [4.69, 9.17) is 5.53 Å². The van der Waals surface area contributed by atoms with Crippen LogP contribution in [0.3, 0.4) is 0 Å². The normalized spacial score (nSPS) is 25.2. The summed E-state index contributed by atoms with van der Waals surface area (Å²) in [5.74, 6) is -2.19. The van der Waals surface area contributed by atoms with E-state index in [0.717, 1.165) is 0 Å². The number of hydrogen-bond acceptors (Lipinski definition) is 6. The van der Waals surface area contributed by atoms with Gasteiger partial charge in [-0.1, -0.05) is 17.2 Å². The summed E-state index contributed by atoms with van der Waals surface area (Å²) in [6, 6.07) is 4.14. The second-order valence-corrected chi connectivity index (χ2v) is 8.04. The Morgan fingerprint density at radius 1 is 1.35 bits per heavy atom. The number of benzene rings is 1. The number of carbonyl (C=O) groups excluding carboxylic acids is 3. The first kappa shape index (κ1) is 21.2. The van der Waals surface area contributed by atoms with Gasteiger partial charge >= 0.3 is 51.4 Å². The van der Waals surface area contributed by atoms with Crippen LogP contribution < -0.4 is 61.8 Å². The number of thioether (sulfide) groups is 1. The van der Waals surface area contributed by atoms with Crippen LogP contribution in [0.4, 0.5) is 5.69 Å². The largest absolute Gasteiger partial charge is 1.00 e. The maximum atomic E-state index is 12.3. The van der Waals surface area contributed by atoms with E-state index in [9.17, 15) is 19.5 Å². The van der Waals surface area contributed by atoms with Gasteiger partial charge in [-0.05, 0) is 31.5 Å². The number of aliphatic carboxylic acids is 1. The average molecular weight is 399 g/mol. The Kier molecular flexibility index (Phi) is 6.44. The van der Waals surface area contributed by atoms with Gasteiger partial charge in [-0.25, -0.2) is 0 Å². The molecule has 1 aromatic rings. The zero-order chi connectivity index (χ0) is 18.4. The fourth-order valence-electron chi connectivity index (χ4n) is 3.08. The molecule has 11 heteroatoms. The Morgan fingerprint density at radius 2 is 1.96 bits per heavy atom. The van der Waals surface area contributed by atoms with Gasteiger partial charge in [0.25, 0.3) is 5.91 Å². The molecule has 1 aromatic carbocycles. The van der Waals surface area contributed by atoms with Crippen molar-refractivity contribution < 1.29 is 70.9 Å². The number of hydrogen-bond donors (Lipinski definition) is 1. The maximum absolute atomic E-state index is 12.3. The van der Waals surface area contributed by atoms with Gasteiger partial charge in [0, 0.05) is 20.9 Å². The van der Waals surface area contributed by atoms with E-state index in [2.05, 4.69) is 15.3 Å². The van der Waals surface area contributed by atoms with Crippen molar-refractivity contribution in [3.63, 3.8) is 0 Å². The van der Waals surface area contributed by atoms with E-state index in [0.29, 0.717) is 11.3 Å². The Bertz CT molecular complexity index is 809. The van der Waals surface area contributed by atoms with E-state index in [1.54, 1.807) is 13.8 Å². The molecular formula is C15H14KN5O4S. The first-order valence-electron chi connectivity index (χ1n) is 7.43. The molecule has 130 valence electrons. The van der Waals surface area contributed by atoms with E-state index in [1.807, 2.05) is 0 Å². The summed E-state index contributed by atoms with van der Waals surface area (Å²) in [4.78, 5) is 39.9.